The quantitative estimate of drug-likeness (QED) is 0.797. The van der Waals surface area contributed by atoms with Crippen molar-refractivity contribution in [3.05, 3.63) is 29.3 Å². The van der Waals surface area contributed by atoms with Gasteiger partial charge in [-0.2, -0.15) is 0 Å². The molecule has 2 atom stereocenters. The van der Waals surface area contributed by atoms with E-state index in [0.717, 1.165) is 11.3 Å². The number of hydrogen-bond donors (Lipinski definition) is 2. The lowest BCUT2D eigenvalue weighted by molar-refractivity contribution is 0.173. The highest BCUT2D eigenvalue weighted by atomic mass is 16.5. The molecule has 0 aromatic heterocycles. The Balaban J connectivity index is 2.83. The van der Waals surface area contributed by atoms with Gasteiger partial charge in [-0.25, -0.2) is 0 Å². The monoisotopic (exact) mass is 237 g/mol. The summed E-state index contributed by atoms with van der Waals surface area (Å²) in [5.41, 5.74) is 2.39. The molecule has 0 aliphatic rings. The summed E-state index contributed by atoms with van der Waals surface area (Å²) in [6.45, 7) is 6.85. The third kappa shape index (κ3) is 4.02. The van der Waals surface area contributed by atoms with Crippen LogP contribution in [0.25, 0.3) is 0 Å². The van der Waals surface area contributed by atoms with Crippen LogP contribution in [0.4, 0.5) is 0 Å². The molecule has 0 saturated carbocycles. The standard InChI is InChI=1S/C14H23NO2/c1-10-5-6-14(17-9-11(2)8-16)13(7-10)12(3)15-4/h5-7,11-12,15-16H,8-9H2,1-4H3. The summed E-state index contributed by atoms with van der Waals surface area (Å²) in [5.74, 6) is 1.06. The smallest absolute Gasteiger partial charge is 0.124 e. The molecule has 0 heterocycles. The van der Waals surface area contributed by atoms with Crippen molar-refractivity contribution < 1.29 is 9.84 Å². The lowest BCUT2D eigenvalue weighted by Crippen LogP contribution is -2.17. The van der Waals surface area contributed by atoms with Crippen LogP contribution in [0.5, 0.6) is 5.75 Å². The van der Waals surface area contributed by atoms with E-state index in [1.165, 1.54) is 5.56 Å². The van der Waals surface area contributed by atoms with Gasteiger partial charge in [0.2, 0.25) is 0 Å². The van der Waals surface area contributed by atoms with Crippen molar-refractivity contribution in [2.75, 3.05) is 20.3 Å². The number of ether oxygens (including phenoxy) is 1. The summed E-state index contributed by atoms with van der Waals surface area (Å²) in [5, 5.41) is 12.2. The van der Waals surface area contributed by atoms with Gasteiger partial charge >= 0.3 is 0 Å². The first-order chi connectivity index (χ1) is 8.08. The highest BCUT2D eigenvalue weighted by Crippen LogP contribution is 2.26. The Kier molecular flexibility index (Phi) is 5.45. The molecule has 3 nitrogen and oxygen atoms in total. The van der Waals surface area contributed by atoms with Crippen molar-refractivity contribution in [3.8, 4) is 5.75 Å². The zero-order valence-electron chi connectivity index (χ0n) is 11.2. The van der Waals surface area contributed by atoms with Crippen LogP contribution in [0.3, 0.4) is 0 Å². The molecule has 1 aromatic carbocycles. The van der Waals surface area contributed by atoms with Gasteiger partial charge < -0.3 is 15.2 Å². The average Bonchev–Trinajstić information content (AvgIpc) is 2.35. The van der Waals surface area contributed by atoms with Gasteiger partial charge in [-0.3, -0.25) is 0 Å². The minimum atomic E-state index is 0.156. The maximum Gasteiger partial charge on any atom is 0.124 e. The normalized spacial score (nSPS) is 14.4. The Bertz CT molecular complexity index is 352. The first-order valence-electron chi connectivity index (χ1n) is 6.10. The van der Waals surface area contributed by atoms with Gasteiger partial charge in [0, 0.05) is 24.1 Å². The van der Waals surface area contributed by atoms with E-state index in [9.17, 15) is 0 Å². The van der Waals surface area contributed by atoms with Gasteiger partial charge in [0.25, 0.3) is 0 Å². The summed E-state index contributed by atoms with van der Waals surface area (Å²) >= 11 is 0. The SMILES string of the molecule is CNC(C)c1cc(C)ccc1OCC(C)CO. The maximum atomic E-state index is 8.99. The van der Waals surface area contributed by atoms with Crippen LogP contribution in [0.1, 0.15) is 31.0 Å². The summed E-state index contributed by atoms with van der Waals surface area (Å²) < 4.78 is 5.77. The Morgan fingerprint density at radius 2 is 2.06 bits per heavy atom. The number of rotatable bonds is 6. The van der Waals surface area contributed by atoms with Gasteiger partial charge in [0.05, 0.1) is 6.61 Å². The maximum absolute atomic E-state index is 8.99. The minimum absolute atomic E-state index is 0.156. The molecule has 96 valence electrons. The third-order valence-electron chi connectivity index (χ3n) is 2.90. The van der Waals surface area contributed by atoms with Gasteiger partial charge in [-0.05, 0) is 27.0 Å². The van der Waals surface area contributed by atoms with Gasteiger partial charge in [0.1, 0.15) is 5.75 Å². The Morgan fingerprint density at radius 3 is 2.65 bits per heavy atom. The van der Waals surface area contributed by atoms with E-state index in [1.54, 1.807) is 0 Å². The van der Waals surface area contributed by atoms with Crippen molar-refractivity contribution in [3.63, 3.8) is 0 Å². The van der Waals surface area contributed by atoms with E-state index in [4.69, 9.17) is 9.84 Å². The van der Waals surface area contributed by atoms with Crippen molar-refractivity contribution in [2.24, 2.45) is 5.92 Å². The molecule has 0 spiro atoms. The predicted molar refractivity (Wildman–Crippen MR) is 70.4 cm³/mol. The van der Waals surface area contributed by atoms with Crippen molar-refractivity contribution >= 4 is 0 Å². The second-order valence-corrected chi connectivity index (χ2v) is 4.65. The number of aryl methyl sites for hydroxylation is 1. The highest BCUT2D eigenvalue weighted by molar-refractivity contribution is 5.38. The molecule has 0 radical (unpaired) electrons. The fourth-order valence-corrected chi connectivity index (χ4v) is 1.58. The zero-order valence-corrected chi connectivity index (χ0v) is 11.2. The third-order valence-corrected chi connectivity index (χ3v) is 2.90. The van der Waals surface area contributed by atoms with Crippen molar-refractivity contribution in [1.82, 2.24) is 5.32 Å². The molecule has 2 unspecified atom stereocenters. The fraction of sp³-hybridized carbons (Fsp3) is 0.571. The number of aliphatic hydroxyl groups is 1. The fourth-order valence-electron chi connectivity index (χ4n) is 1.58. The zero-order chi connectivity index (χ0) is 12.8. The Labute approximate surface area is 104 Å². The molecule has 17 heavy (non-hydrogen) atoms. The number of aliphatic hydroxyl groups excluding tert-OH is 1. The summed E-state index contributed by atoms with van der Waals surface area (Å²) in [4.78, 5) is 0. The molecule has 0 saturated heterocycles. The largest absolute Gasteiger partial charge is 0.493 e. The molecule has 1 aromatic rings. The summed E-state index contributed by atoms with van der Waals surface area (Å²) in [6, 6.07) is 6.45. The molecule has 2 N–H and O–H groups in total. The topological polar surface area (TPSA) is 41.5 Å². The van der Waals surface area contributed by atoms with Crippen LogP contribution in [0.15, 0.2) is 18.2 Å². The first-order valence-corrected chi connectivity index (χ1v) is 6.10. The van der Waals surface area contributed by atoms with Crippen LogP contribution in [0, 0.1) is 12.8 Å². The molecule has 1 rings (SSSR count). The molecule has 0 bridgehead atoms. The van der Waals surface area contributed by atoms with E-state index >= 15 is 0 Å². The van der Waals surface area contributed by atoms with Gasteiger partial charge in [-0.15, -0.1) is 0 Å². The van der Waals surface area contributed by atoms with E-state index in [2.05, 4.69) is 25.2 Å². The Morgan fingerprint density at radius 1 is 1.35 bits per heavy atom. The summed E-state index contributed by atoms with van der Waals surface area (Å²) in [7, 11) is 1.94. The summed E-state index contributed by atoms with van der Waals surface area (Å²) in [6.07, 6.45) is 0. The molecule has 3 heteroatoms. The molecule has 0 aliphatic heterocycles. The van der Waals surface area contributed by atoms with Gasteiger partial charge in [0.15, 0.2) is 0 Å². The lowest BCUT2D eigenvalue weighted by Gasteiger charge is -2.18. The van der Waals surface area contributed by atoms with E-state index in [0.29, 0.717) is 6.61 Å². The van der Waals surface area contributed by atoms with Crippen LogP contribution in [-0.4, -0.2) is 25.4 Å². The minimum Gasteiger partial charge on any atom is -0.493 e. The molecular formula is C14H23NO2. The number of hydrogen-bond acceptors (Lipinski definition) is 3. The first kappa shape index (κ1) is 14.0. The predicted octanol–water partition coefficient (Wildman–Crippen LogP) is 2.28. The molecule has 0 amide bonds. The van der Waals surface area contributed by atoms with Gasteiger partial charge in [-0.1, -0.05) is 24.6 Å². The Hall–Kier alpha value is -1.06. The van der Waals surface area contributed by atoms with E-state index < -0.39 is 0 Å². The molecule has 0 aliphatic carbocycles. The second kappa shape index (κ2) is 6.62. The molecule has 0 fully saturated rings. The van der Waals surface area contributed by atoms with Crippen LogP contribution in [-0.2, 0) is 0 Å². The van der Waals surface area contributed by atoms with Crippen molar-refractivity contribution in [1.29, 1.82) is 0 Å². The van der Waals surface area contributed by atoms with E-state index in [-0.39, 0.29) is 18.6 Å². The lowest BCUT2D eigenvalue weighted by atomic mass is 10.0. The van der Waals surface area contributed by atoms with E-state index in [1.807, 2.05) is 26.1 Å². The number of nitrogens with one attached hydrogen (secondary N) is 1. The highest BCUT2D eigenvalue weighted by Gasteiger charge is 2.11. The van der Waals surface area contributed by atoms with Crippen LogP contribution in [0.2, 0.25) is 0 Å². The number of benzene rings is 1. The van der Waals surface area contributed by atoms with Crippen LogP contribution < -0.4 is 10.1 Å². The van der Waals surface area contributed by atoms with Crippen molar-refractivity contribution in [2.45, 2.75) is 26.8 Å². The van der Waals surface area contributed by atoms with Crippen LogP contribution >= 0.6 is 0 Å². The average molecular weight is 237 g/mol. The second-order valence-electron chi connectivity index (χ2n) is 4.65. The molecular weight excluding hydrogens is 214 g/mol.